The van der Waals surface area contributed by atoms with Gasteiger partial charge in [0.25, 0.3) is 5.91 Å². The fraction of sp³-hybridized carbons (Fsp3) is 0.522. The number of nitrogens with zero attached hydrogens (tertiary/aromatic N) is 2. The number of carbonyl (C=O) groups excluding carboxylic acids is 2. The predicted molar refractivity (Wildman–Crippen MR) is 142 cm³/mol. The number of nitrogens with two attached hydrogens (primary N) is 1. The van der Waals surface area contributed by atoms with Crippen LogP contribution < -0.4 is 26.0 Å². The van der Waals surface area contributed by atoms with Crippen molar-refractivity contribution in [3.8, 4) is 5.75 Å². The van der Waals surface area contributed by atoms with Gasteiger partial charge in [0.05, 0.1) is 19.0 Å². The SMILES string of the molecule is CC(C)OC(=O)C(C)NP(=S)(OC[C@H]1O[C@@H](n2cnc3c2NC(N)NC3=O)C(C)(F)C1O)Oc1ccccc1. The minimum absolute atomic E-state index is 0.00326. The molecular weight excluding hydrogens is 554 g/mol. The van der Waals surface area contributed by atoms with Crippen LogP contribution in [0.15, 0.2) is 36.7 Å². The third-order valence-corrected chi connectivity index (χ3v) is 8.49. The lowest BCUT2D eigenvalue weighted by atomic mass is 9.98. The van der Waals surface area contributed by atoms with Crippen molar-refractivity contribution in [1.29, 1.82) is 0 Å². The van der Waals surface area contributed by atoms with Crippen LogP contribution in [0.25, 0.3) is 0 Å². The number of aromatic nitrogens is 2. The molecule has 0 bridgehead atoms. The number of rotatable bonds is 10. The number of imidazole rings is 1. The molecule has 6 N–H and O–H groups in total. The predicted octanol–water partition coefficient (Wildman–Crippen LogP) is 1.52. The molecular formula is C23H32FN6O7PS. The number of fused-ring (bicyclic) bond motifs is 1. The summed E-state index contributed by atoms with van der Waals surface area (Å²) in [5.74, 6) is -0.577. The monoisotopic (exact) mass is 586 g/mol. The molecule has 2 aliphatic heterocycles. The molecule has 2 aromatic rings. The summed E-state index contributed by atoms with van der Waals surface area (Å²) in [6.45, 7) is 2.30. The van der Waals surface area contributed by atoms with E-state index in [0.29, 0.717) is 5.75 Å². The summed E-state index contributed by atoms with van der Waals surface area (Å²) in [7, 11) is 0. The quantitative estimate of drug-likeness (QED) is 0.201. The minimum atomic E-state index is -3.46. The van der Waals surface area contributed by atoms with Gasteiger partial charge in [-0.15, -0.1) is 0 Å². The average Bonchev–Trinajstić information content (AvgIpc) is 3.36. The lowest BCUT2D eigenvalue weighted by Gasteiger charge is -2.28. The molecule has 0 aliphatic carbocycles. The summed E-state index contributed by atoms with van der Waals surface area (Å²) >= 11 is 5.67. The van der Waals surface area contributed by atoms with Crippen molar-refractivity contribution in [2.24, 2.45) is 5.73 Å². The molecule has 13 nitrogen and oxygen atoms in total. The molecule has 16 heteroatoms. The van der Waals surface area contributed by atoms with Gasteiger partial charge in [0.15, 0.2) is 23.9 Å². The summed E-state index contributed by atoms with van der Waals surface area (Å²) in [4.78, 5) is 28.7. The molecule has 1 fully saturated rings. The second kappa shape index (κ2) is 11.5. The van der Waals surface area contributed by atoms with Crippen LogP contribution in [0, 0.1) is 0 Å². The molecule has 7 atom stereocenters. The number of esters is 1. The molecule has 2 aliphatic rings. The Morgan fingerprint density at radius 1 is 1.36 bits per heavy atom. The molecule has 5 unspecified atom stereocenters. The topological polar surface area (TPSA) is 171 Å². The maximum absolute atomic E-state index is 15.9. The normalized spacial score (nSPS) is 28.7. The van der Waals surface area contributed by atoms with Crippen molar-refractivity contribution in [3.05, 3.63) is 42.4 Å². The zero-order valence-electron chi connectivity index (χ0n) is 21.7. The van der Waals surface area contributed by atoms with E-state index in [1.54, 1.807) is 51.1 Å². The van der Waals surface area contributed by atoms with Crippen LogP contribution in [-0.2, 0) is 30.6 Å². The second-order valence-electron chi connectivity index (χ2n) is 9.60. The number of anilines is 1. The van der Waals surface area contributed by atoms with Gasteiger partial charge in [-0.3, -0.25) is 19.9 Å². The van der Waals surface area contributed by atoms with E-state index in [1.807, 2.05) is 0 Å². The van der Waals surface area contributed by atoms with Crippen LogP contribution in [0.5, 0.6) is 5.75 Å². The van der Waals surface area contributed by atoms with E-state index in [1.165, 1.54) is 10.9 Å². The summed E-state index contributed by atoms with van der Waals surface area (Å²) < 4.78 is 40.1. The van der Waals surface area contributed by atoms with Gasteiger partial charge in [-0.05, 0) is 51.6 Å². The number of ether oxygens (including phenoxy) is 2. The first-order chi connectivity index (χ1) is 18.3. The lowest BCUT2D eigenvalue weighted by molar-refractivity contribution is -0.149. The number of alkyl halides is 1. The van der Waals surface area contributed by atoms with Gasteiger partial charge in [0, 0.05) is 0 Å². The highest BCUT2D eigenvalue weighted by molar-refractivity contribution is 8.09. The van der Waals surface area contributed by atoms with Crippen molar-refractivity contribution in [2.45, 2.75) is 70.2 Å². The number of benzene rings is 1. The van der Waals surface area contributed by atoms with E-state index in [4.69, 9.17) is 36.1 Å². The van der Waals surface area contributed by atoms with E-state index in [9.17, 15) is 14.7 Å². The molecule has 1 amide bonds. The van der Waals surface area contributed by atoms with E-state index >= 15 is 4.39 Å². The number of hydrogen-bond acceptors (Lipinski definition) is 11. The van der Waals surface area contributed by atoms with Crippen molar-refractivity contribution in [3.63, 3.8) is 0 Å². The molecule has 39 heavy (non-hydrogen) atoms. The third kappa shape index (κ3) is 6.40. The highest BCUT2D eigenvalue weighted by Gasteiger charge is 2.56. The van der Waals surface area contributed by atoms with E-state index in [2.05, 4.69) is 20.7 Å². The zero-order valence-corrected chi connectivity index (χ0v) is 23.4. The summed E-state index contributed by atoms with van der Waals surface area (Å²) in [5.41, 5.74) is 3.46. The van der Waals surface area contributed by atoms with Crippen molar-refractivity contribution in [1.82, 2.24) is 20.0 Å². The van der Waals surface area contributed by atoms with E-state index < -0.39 is 55.0 Å². The fourth-order valence-electron chi connectivity index (χ4n) is 4.10. The minimum Gasteiger partial charge on any atom is -0.462 e. The summed E-state index contributed by atoms with van der Waals surface area (Å²) in [5, 5.41) is 19.0. The molecule has 3 heterocycles. The van der Waals surface area contributed by atoms with Gasteiger partial charge >= 0.3 is 12.6 Å². The highest BCUT2D eigenvalue weighted by atomic mass is 32.5. The first-order valence-electron chi connectivity index (χ1n) is 12.2. The number of amides is 1. The number of para-hydroxylation sites is 1. The Morgan fingerprint density at radius 2 is 2.05 bits per heavy atom. The van der Waals surface area contributed by atoms with Gasteiger partial charge < -0.3 is 34.3 Å². The van der Waals surface area contributed by atoms with Crippen LogP contribution in [0.4, 0.5) is 10.2 Å². The number of halogens is 1. The second-order valence-corrected chi connectivity index (χ2v) is 12.7. The smallest absolute Gasteiger partial charge is 0.323 e. The number of carbonyl (C=O) groups is 2. The van der Waals surface area contributed by atoms with Crippen molar-refractivity contribution < 1.29 is 37.6 Å². The Hall–Kier alpha value is -2.65. The number of hydrogen-bond donors (Lipinski definition) is 5. The molecule has 0 radical (unpaired) electrons. The Bertz CT molecular complexity index is 1250. The van der Waals surface area contributed by atoms with Crippen molar-refractivity contribution in [2.75, 3.05) is 11.9 Å². The molecule has 4 rings (SSSR count). The molecule has 0 saturated carbocycles. The first-order valence-corrected chi connectivity index (χ1v) is 14.8. The summed E-state index contributed by atoms with van der Waals surface area (Å²) in [6, 6.07) is 7.69. The van der Waals surface area contributed by atoms with Crippen LogP contribution in [0.3, 0.4) is 0 Å². The first kappa shape index (κ1) is 29.3. The highest BCUT2D eigenvalue weighted by Crippen LogP contribution is 2.48. The zero-order chi connectivity index (χ0) is 28.5. The largest absolute Gasteiger partial charge is 0.462 e. The standard InChI is InChI=1S/C23H32FN6O7PS/c1-12(2)35-20(33)13(3)29-38(39,37-14-8-6-5-7-9-14)34-10-15-17(31)23(4,24)21(36-15)30-11-26-16-18(30)27-22(25)28-19(16)32/h5-9,11-13,15,17,21-22,27,31H,10,25H2,1-4H3,(H,28,32)(H,29,39)/t13?,15-,17?,21-,22?,23?,38?/m1/s1. The van der Waals surface area contributed by atoms with Gasteiger partial charge in [-0.25, -0.2) is 14.5 Å². The van der Waals surface area contributed by atoms with Crippen LogP contribution in [0.1, 0.15) is 44.4 Å². The Balaban J connectivity index is 1.53. The Labute approximate surface area is 229 Å². The van der Waals surface area contributed by atoms with Gasteiger partial charge in [-0.2, -0.15) is 0 Å². The average molecular weight is 587 g/mol. The Morgan fingerprint density at radius 3 is 2.72 bits per heavy atom. The lowest BCUT2D eigenvalue weighted by Crippen LogP contribution is -2.51. The van der Waals surface area contributed by atoms with Gasteiger partial charge in [0.2, 0.25) is 0 Å². The van der Waals surface area contributed by atoms with Crippen LogP contribution in [-0.4, -0.2) is 69.5 Å². The fourth-order valence-corrected chi connectivity index (χ4v) is 6.51. The Kier molecular flexibility index (Phi) is 8.61. The molecule has 0 spiro atoms. The maximum atomic E-state index is 15.9. The molecule has 214 valence electrons. The third-order valence-electron chi connectivity index (χ3n) is 5.99. The van der Waals surface area contributed by atoms with E-state index in [0.717, 1.165) is 6.92 Å². The maximum Gasteiger partial charge on any atom is 0.323 e. The van der Waals surface area contributed by atoms with Gasteiger partial charge in [-0.1, -0.05) is 18.2 Å². The number of nitrogens with one attached hydrogen (secondary N) is 3. The van der Waals surface area contributed by atoms with E-state index in [-0.39, 0.29) is 24.2 Å². The molecule has 1 aromatic heterocycles. The summed E-state index contributed by atoms with van der Waals surface area (Å²) in [6.07, 6.45) is -4.29. The number of aliphatic hydroxyl groups excluding tert-OH is 1. The van der Waals surface area contributed by atoms with Crippen LogP contribution >= 0.6 is 6.64 Å². The molecule has 1 saturated heterocycles. The van der Waals surface area contributed by atoms with Gasteiger partial charge in [0.1, 0.15) is 29.8 Å². The van der Waals surface area contributed by atoms with Crippen LogP contribution in [0.2, 0.25) is 0 Å². The number of aliphatic hydroxyl groups is 1. The van der Waals surface area contributed by atoms with Crippen molar-refractivity contribution >= 4 is 36.1 Å². The molecule has 1 aromatic carbocycles.